The Morgan fingerprint density at radius 2 is 2.10 bits per heavy atom. The van der Waals surface area contributed by atoms with Crippen LogP contribution in [0.2, 0.25) is 0 Å². The van der Waals surface area contributed by atoms with Gasteiger partial charge >= 0.3 is 6.03 Å². The van der Waals surface area contributed by atoms with Crippen LogP contribution >= 0.6 is 0 Å². The average Bonchev–Trinajstić information content (AvgIpc) is 3.25. The van der Waals surface area contributed by atoms with Gasteiger partial charge in [-0.3, -0.25) is 14.4 Å². The fourth-order valence-corrected chi connectivity index (χ4v) is 2.85. The second-order valence-corrected chi connectivity index (χ2v) is 7.07. The molecule has 168 valence electrons. The molecule has 2 heterocycles. The first kappa shape index (κ1) is 23.6. The summed E-state index contributed by atoms with van der Waals surface area (Å²) in [5.41, 5.74) is 0.683. The predicted octanol–water partition coefficient (Wildman–Crippen LogP) is -0.881. The maximum Gasteiger partial charge on any atom is 0.315 e. The molecule has 5 amide bonds. The summed E-state index contributed by atoms with van der Waals surface area (Å²) in [6.07, 6.45) is 10.3. The molecule has 0 radical (unpaired) electrons. The molecular formula is C20H29N7O4. The van der Waals surface area contributed by atoms with Crippen LogP contribution < -0.4 is 26.6 Å². The molecule has 0 aliphatic carbocycles. The lowest BCUT2D eigenvalue weighted by atomic mass is 10.1. The Morgan fingerprint density at radius 3 is 2.81 bits per heavy atom. The van der Waals surface area contributed by atoms with E-state index < -0.39 is 23.9 Å². The van der Waals surface area contributed by atoms with Crippen LogP contribution in [0.3, 0.4) is 0 Å². The highest BCUT2D eigenvalue weighted by molar-refractivity contribution is 5.89. The number of carbonyl (C=O) groups is 4. The molecule has 3 unspecified atom stereocenters. The van der Waals surface area contributed by atoms with Crippen LogP contribution in [0.25, 0.3) is 0 Å². The maximum absolute atomic E-state index is 12.7. The fraction of sp³-hybridized carbons (Fsp3) is 0.450. The minimum Gasteiger partial charge on any atom is -0.353 e. The van der Waals surface area contributed by atoms with Crippen molar-refractivity contribution in [3.05, 3.63) is 42.5 Å². The Morgan fingerprint density at radius 1 is 1.29 bits per heavy atom. The van der Waals surface area contributed by atoms with E-state index >= 15 is 0 Å². The lowest BCUT2D eigenvalue weighted by Crippen LogP contribution is -2.52. The summed E-state index contributed by atoms with van der Waals surface area (Å²) in [5, 5.41) is 13.3. The molecule has 11 heteroatoms. The van der Waals surface area contributed by atoms with Crippen molar-refractivity contribution < 1.29 is 19.2 Å². The van der Waals surface area contributed by atoms with Gasteiger partial charge in [0, 0.05) is 50.6 Å². The molecule has 11 nitrogen and oxygen atoms in total. The van der Waals surface area contributed by atoms with E-state index in [1.165, 1.54) is 19.5 Å². The summed E-state index contributed by atoms with van der Waals surface area (Å²) in [4.78, 5) is 55.6. The number of hydrogen-bond acceptors (Lipinski definition) is 5. The van der Waals surface area contributed by atoms with Gasteiger partial charge < -0.3 is 31.6 Å². The van der Waals surface area contributed by atoms with E-state index in [1.807, 2.05) is 0 Å². The number of imidazole rings is 1. The minimum absolute atomic E-state index is 0.0544. The van der Waals surface area contributed by atoms with Crippen LogP contribution in [0.15, 0.2) is 36.8 Å². The number of nitrogens with one attached hydrogen (secondary N) is 6. The molecule has 0 saturated carbocycles. The number of nitrogens with zero attached hydrogens (tertiary/aromatic N) is 1. The molecule has 1 aliphatic rings. The highest BCUT2D eigenvalue weighted by Crippen LogP contribution is 2.04. The van der Waals surface area contributed by atoms with Gasteiger partial charge in [0.25, 0.3) is 0 Å². The summed E-state index contributed by atoms with van der Waals surface area (Å²) < 4.78 is 0. The van der Waals surface area contributed by atoms with Gasteiger partial charge in [-0.1, -0.05) is 18.2 Å². The number of aromatic amines is 1. The summed E-state index contributed by atoms with van der Waals surface area (Å²) >= 11 is 0. The SMILES string of the molecule is CNC(=O)NC(Cc1cnc[nH]1)C(=O)NCC1C=CCCNC(=O)C=CC(C)NC1=O. The molecule has 2 rings (SSSR count). The standard InChI is InChI=1S/C20H29N7O4/c1-13-6-7-17(28)23-8-4-3-5-14(18(29)26-13)10-24-19(30)16(27-20(31)21-2)9-15-11-22-12-25-15/h3,5-7,11-14,16H,4,8-10H2,1-2H3,(H,22,25)(H,23,28)(H,24,30)(H,26,29)(H2,21,27,31). The van der Waals surface area contributed by atoms with Crippen molar-refractivity contribution >= 4 is 23.8 Å². The highest BCUT2D eigenvalue weighted by Gasteiger charge is 2.24. The van der Waals surface area contributed by atoms with E-state index in [9.17, 15) is 19.2 Å². The van der Waals surface area contributed by atoms with Crippen LogP contribution in [0.4, 0.5) is 4.79 Å². The molecule has 31 heavy (non-hydrogen) atoms. The number of carbonyl (C=O) groups excluding carboxylic acids is 4. The quantitative estimate of drug-likeness (QED) is 0.323. The molecule has 0 bridgehead atoms. The summed E-state index contributed by atoms with van der Waals surface area (Å²) in [6, 6.07) is -1.70. The van der Waals surface area contributed by atoms with Crippen molar-refractivity contribution in [1.29, 1.82) is 0 Å². The molecule has 0 spiro atoms. The molecule has 3 atom stereocenters. The Hall–Kier alpha value is -3.63. The van der Waals surface area contributed by atoms with Gasteiger partial charge in [0.15, 0.2) is 0 Å². The molecule has 1 aliphatic heterocycles. The van der Waals surface area contributed by atoms with Crippen LogP contribution in [0.1, 0.15) is 19.0 Å². The summed E-state index contributed by atoms with van der Waals surface area (Å²) in [6.45, 7) is 2.25. The zero-order valence-electron chi connectivity index (χ0n) is 17.6. The second kappa shape index (κ2) is 12.2. The largest absolute Gasteiger partial charge is 0.353 e. The molecule has 0 aromatic carbocycles. The van der Waals surface area contributed by atoms with Crippen molar-refractivity contribution in [2.75, 3.05) is 20.1 Å². The Balaban J connectivity index is 2.03. The van der Waals surface area contributed by atoms with Crippen LogP contribution in [-0.2, 0) is 20.8 Å². The lowest BCUT2D eigenvalue weighted by Gasteiger charge is -2.21. The Bertz CT molecular complexity index is 820. The zero-order valence-corrected chi connectivity index (χ0v) is 17.6. The Labute approximate surface area is 180 Å². The topological polar surface area (TPSA) is 157 Å². The van der Waals surface area contributed by atoms with E-state index in [1.54, 1.807) is 31.3 Å². The van der Waals surface area contributed by atoms with Crippen molar-refractivity contribution in [1.82, 2.24) is 36.6 Å². The van der Waals surface area contributed by atoms with E-state index in [2.05, 4.69) is 36.6 Å². The van der Waals surface area contributed by atoms with E-state index in [0.29, 0.717) is 18.7 Å². The van der Waals surface area contributed by atoms with E-state index in [4.69, 9.17) is 0 Å². The number of urea groups is 1. The third-order valence-electron chi connectivity index (χ3n) is 4.55. The molecule has 1 aromatic heterocycles. The third kappa shape index (κ3) is 8.33. The van der Waals surface area contributed by atoms with Gasteiger partial charge in [0.1, 0.15) is 6.04 Å². The van der Waals surface area contributed by atoms with Crippen molar-refractivity contribution in [2.45, 2.75) is 31.8 Å². The van der Waals surface area contributed by atoms with Crippen LogP contribution in [-0.4, -0.2) is 65.9 Å². The van der Waals surface area contributed by atoms with Gasteiger partial charge in [-0.25, -0.2) is 9.78 Å². The first-order valence-electron chi connectivity index (χ1n) is 10.0. The number of rotatable bonds is 6. The van der Waals surface area contributed by atoms with Crippen LogP contribution in [0, 0.1) is 5.92 Å². The first-order valence-corrected chi connectivity index (χ1v) is 10.0. The summed E-state index contributed by atoms with van der Waals surface area (Å²) in [5.74, 6) is -1.53. The van der Waals surface area contributed by atoms with Gasteiger partial charge in [-0.05, 0) is 13.3 Å². The number of hydrogen-bond donors (Lipinski definition) is 6. The second-order valence-electron chi connectivity index (χ2n) is 7.07. The van der Waals surface area contributed by atoms with Gasteiger partial charge in [-0.15, -0.1) is 0 Å². The molecule has 0 fully saturated rings. The molecule has 0 saturated heterocycles. The first-order chi connectivity index (χ1) is 14.9. The van der Waals surface area contributed by atoms with Gasteiger partial charge in [0.2, 0.25) is 17.7 Å². The van der Waals surface area contributed by atoms with Crippen LogP contribution in [0.5, 0.6) is 0 Å². The fourth-order valence-electron chi connectivity index (χ4n) is 2.85. The van der Waals surface area contributed by atoms with Crippen molar-refractivity contribution in [2.24, 2.45) is 5.92 Å². The number of aromatic nitrogens is 2. The minimum atomic E-state index is -0.851. The Kier molecular flexibility index (Phi) is 9.27. The lowest BCUT2D eigenvalue weighted by molar-refractivity contribution is -0.125. The van der Waals surface area contributed by atoms with Crippen molar-refractivity contribution in [3.8, 4) is 0 Å². The average molecular weight is 431 g/mol. The smallest absolute Gasteiger partial charge is 0.315 e. The van der Waals surface area contributed by atoms with Gasteiger partial charge in [0.05, 0.1) is 12.2 Å². The number of H-pyrrole nitrogens is 1. The molecular weight excluding hydrogens is 402 g/mol. The highest BCUT2D eigenvalue weighted by atomic mass is 16.2. The third-order valence-corrected chi connectivity index (χ3v) is 4.55. The van der Waals surface area contributed by atoms with Gasteiger partial charge in [-0.2, -0.15) is 0 Å². The summed E-state index contributed by atoms with van der Waals surface area (Å²) in [7, 11) is 1.46. The van der Waals surface area contributed by atoms with E-state index in [0.717, 1.165) is 0 Å². The number of amides is 5. The van der Waals surface area contributed by atoms with E-state index in [-0.39, 0.29) is 30.8 Å². The molecule has 6 N–H and O–H groups in total. The monoisotopic (exact) mass is 431 g/mol. The normalized spacial score (nSPS) is 20.5. The zero-order chi connectivity index (χ0) is 22.6. The molecule has 1 aromatic rings. The predicted molar refractivity (Wildman–Crippen MR) is 114 cm³/mol. The van der Waals surface area contributed by atoms with Crippen molar-refractivity contribution in [3.63, 3.8) is 0 Å². The maximum atomic E-state index is 12.7.